The Hall–Kier alpha value is -3.13. The summed E-state index contributed by atoms with van der Waals surface area (Å²) in [6, 6.07) is 5.71. The number of aromatic nitrogens is 3. The van der Waals surface area contributed by atoms with Crippen LogP contribution in [-0.2, 0) is 19.5 Å². The molecule has 33 heavy (non-hydrogen) atoms. The van der Waals surface area contributed by atoms with Gasteiger partial charge in [0.05, 0.1) is 18.2 Å². The third-order valence-corrected chi connectivity index (χ3v) is 7.02. The van der Waals surface area contributed by atoms with Crippen LogP contribution in [0.15, 0.2) is 29.2 Å². The third-order valence-electron chi connectivity index (χ3n) is 7.02. The van der Waals surface area contributed by atoms with Crippen LogP contribution in [-0.4, -0.2) is 40.1 Å². The Balaban J connectivity index is 1.52. The summed E-state index contributed by atoms with van der Waals surface area (Å²) in [5, 5.41) is 4.03. The van der Waals surface area contributed by atoms with Crippen molar-refractivity contribution in [3.8, 4) is 5.75 Å². The number of benzene rings is 1. The molecule has 8 heteroatoms. The highest BCUT2D eigenvalue weighted by Crippen LogP contribution is 2.33. The van der Waals surface area contributed by atoms with Crippen LogP contribution in [0.4, 0.5) is 17.3 Å². The van der Waals surface area contributed by atoms with Crippen molar-refractivity contribution in [1.29, 1.82) is 0 Å². The van der Waals surface area contributed by atoms with Gasteiger partial charge in [-0.1, -0.05) is 19.3 Å². The molecule has 3 aromatic rings. The van der Waals surface area contributed by atoms with Gasteiger partial charge in [-0.25, -0.2) is 4.98 Å². The molecule has 8 nitrogen and oxygen atoms in total. The lowest BCUT2D eigenvalue weighted by Gasteiger charge is -2.26. The second-order valence-corrected chi connectivity index (χ2v) is 9.42. The molecule has 0 saturated heterocycles. The van der Waals surface area contributed by atoms with Crippen LogP contribution in [0.1, 0.15) is 43.2 Å². The van der Waals surface area contributed by atoms with E-state index in [1.165, 1.54) is 36.5 Å². The number of ether oxygens (including phenoxy) is 1. The number of fused-ring (bicyclic) bond motifs is 2. The van der Waals surface area contributed by atoms with Crippen molar-refractivity contribution in [3.05, 3.63) is 45.9 Å². The van der Waals surface area contributed by atoms with Gasteiger partial charge in [-0.2, -0.15) is 4.98 Å². The molecule has 0 spiro atoms. The molecule has 0 amide bonds. The van der Waals surface area contributed by atoms with Gasteiger partial charge in [-0.05, 0) is 55.5 Å². The van der Waals surface area contributed by atoms with Crippen molar-refractivity contribution < 1.29 is 4.74 Å². The van der Waals surface area contributed by atoms with Crippen molar-refractivity contribution in [3.63, 3.8) is 0 Å². The van der Waals surface area contributed by atoms with Crippen molar-refractivity contribution in [2.24, 2.45) is 5.92 Å². The zero-order chi connectivity index (χ0) is 22.9. The summed E-state index contributed by atoms with van der Waals surface area (Å²) in [5.74, 6) is 1.67. The van der Waals surface area contributed by atoms with Gasteiger partial charge in [0, 0.05) is 37.6 Å². The molecule has 3 heterocycles. The molecule has 0 bridgehead atoms. The van der Waals surface area contributed by atoms with Crippen molar-refractivity contribution in [2.75, 3.05) is 31.8 Å². The molecule has 5 rings (SSSR count). The molecular formula is C25H32N6O2. The van der Waals surface area contributed by atoms with E-state index in [0.29, 0.717) is 35.1 Å². The summed E-state index contributed by atoms with van der Waals surface area (Å²) >= 11 is 0. The number of nitrogens with one attached hydrogen (secondary N) is 1. The third kappa shape index (κ3) is 4.39. The summed E-state index contributed by atoms with van der Waals surface area (Å²) in [6.45, 7) is 2.60. The van der Waals surface area contributed by atoms with E-state index < -0.39 is 0 Å². The molecule has 1 fully saturated rings. The van der Waals surface area contributed by atoms with E-state index in [0.717, 1.165) is 43.8 Å². The predicted octanol–water partition coefficient (Wildman–Crippen LogP) is 3.69. The minimum atomic E-state index is -0.107. The van der Waals surface area contributed by atoms with Crippen molar-refractivity contribution in [1.82, 2.24) is 19.4 Å². The number of nitrogens with two attached hydrogens (primary N) is 1. The van der Waals surface area contributed by atoms with E-state index in [-0.39, 0.29) is 5.56 Å². The quantitative estimate of drug-likeness (QED) is 0.614. The molecule has 1 aliphatic heterocycles. The van der Waals surface area contributed by atoms with E-state index in [1.54, 1.807) is 17.9 Å². The second kappa shape index (κ2) is 9.02. The maximum atomic E-state index is 12.9. The van der Waals surface area contributed by atoms with Gasteiger partial charge in [0.2, 0.25) is 5.95 Å². The second-order valence-electron chi connectivity index (χ2n) is 9.42. The summed E-state index contributed by atoms with van der Waals surface area (Å²) in [7, 11) is 3.80. The van der Waals surface area contributed by atoms with Gasteiger partial charge in [-0.3, -0.25) is 9.36 Å². The molecule has 1 aliphatic carbocycles. The Bertz CT molecular complexity index is 1230. The predicted molar refractivity (Wildman–Crippen MR) is 131 cm³/mol. The average molecular weight is 449 g/mol. The number of hydrogen-bond acceptors (Lipinski definition) is 7. The Morgan fingerprint density at radius 1 is 1.18 bits per heavy atom. The van der Waals surface area contributed by atoms with E-state index >= 15 is 0 Å². The highest BCUT2D eigenvalue weighted by atomic mass is 16.5. The number of hydrogen-bond donors (Lipinski definition) is 2. The van der Waals surface area contributed by atoms with E-state index in [2.05, 4.69) is 34.4 Å². The first kappa shape index (κ1) is 21.7. The molecule has 174 valence electrons. The van der Waals surface area contributed by atoms with Gasteiger partial charge >= 0.3 is 0 Å². The molecule has 2 aliphatic rings. The molecular weight excluding hydrogens is 416 g/mol. The molecule has 0 atom stereocenters. The largest absolute Gasteiger partial charge is 0.495 e. The molecule has 3 N–H and O–H groups in total. The molecule has 0 radical (unpaired) electrons. The Morgan fingerprint density at radius 3 is 2.79 bits per heavy atom. The number of anilines is 3. The Labute approximate surface area is 193 Å². The number of nitrogen functional groups attached to an aromatic ring is 1. The highest BCUT2D eigenvalue weighted by Gasteiger charge is 2.20. The SMILES string of the molecule is COc1cc2c(cc1Nc1ncc3c(N)cc(=O)n(CC4CCCCC4)c3n1)CN(C)CC2. The van der Waals surface area contributed by atoms with Gasteiger partial charge in [0.15, 0.2) is 5.65 Å². The number of pyridine rings is 1. The van der Waals surface area contributed by atoms with Gasteiger partial charge in [-0.15, -0.1) is 0 Å². The minimum Gasteiger partial charge on any atom is -0.495 e. The monoisotopic (exact) mass is 448 g/mol. The standard InChI is InChI=1S/C25H32N6O2/c1-30-9-8-17-11-22(33-2)21(10-18(17)15-30)28-25-27-13-19-20(26)12-23(32)31(24(19)29-25)14-16-6-4-3-5-7-16/h10-13,16H,3-9,14-15,26H2,1-2H3,(H,27,28,29). The van der Waals surface area contributed by atoms with Crippen LogP contribution in [0.2, 0.25) is 0 Å². The topological polar surface area (TPSA) is 98.3 Å². The lowest BCUT2D eigenvalue weighted by molar-refractivity contribution is 0.312. The van der Waals surface area contributed by atoms with Crippen LogP contribution in [0.3, 0.4) is 0 Å². The lowest BCUT2D eigenvalue weighted by atomic mass is 9.89. The van der Waals surface area contributed by atoms with Gasteiger partial charge in [0.1, 0.15) is 5.75 Å². The van der Waals surface area contributed by atoms with Crippen LogP contribution in [0.5, 0.6) is 5.75 Å². The van der Waals surface area contributed by atoms with Crippen LogP contribution >= 0.6 is 0 Å². The minimum absolute atomic E-state index is 0.107. The summed E-state index contributed by atoms with van der Waals surface area (Å²) in [5.41, 5.74) is 10.4. The maximum Gasteiger partial charge on any atom is 0.254 e. The fourth-order valence-electron chi connectivity index (χ4n) is 5.15. The Morgan fingerprint density at radius 2 is 2.00 bits per heavy atom. The zero-order valence-corrected chi connectivity index (χ0v) is 19.4. The fraction of sp³-hybridized carbons (Fsp3) is 0.480. The number of nitrogens with zero attached hydrogens (tertiary/aromatic N) is 4. The van der Waals surface area contributed by atoms with E-state index in [9.17, 15) is 4.79 Å². The van der Waals surface area contributed by atoms with Crippen LogP contribution in [0.25, 0.3) is 11.0 Å². The number of methoxy groups -OCH3 is 1. The van der Waals surface area contributed by atoms with Gasteiger partial charge < -0.3 is 20.7 Å². The Kier molecular flexibility index (Phi) is 5.93. The average Bonchev–Trinajstić information content (AvgIpc) is 2.82. The first-order chi connectivity index (χ1) is 16.0. The van der Waals surface area contributed by atoms with Crippen LogP contribution in [0, 0.1) is 5.92 Å². The van der Waals surface area contributed by atoms with Crippen LogP contribution < -0.4 is 21.3 Å². The molecule has 0 unspecified atom stereocenters. The first-order valence-corrected chi connectivity index (χ1v) is 11.8. The fourth-order valence-corrected chi connectivity index (χ4v) is 5.15. The lowest BCUT2D eigenvalue weighted by Crippen LogP contribution is -2.26. The van der Waals surface area contributed by atoms with Gasteiger partial charge in [0.25, 0.3) is 5.56 Å². The normalized spacial score (nSPS) is 17.2. The molecule has 1 aromatic carbocycles. The van der Waals surface area contributed by atoms with Crippen molar-refractivity contribution in [2.45, 2.75) is 51.6 Å². The van der Waals surface area contributed by atoms with E-state index in [4.69, 9.17) is 15.5 Å². The molecule has 1 saturated carbocycles. The smallest absolute Gasteiger partial charge is 0.254 e. The summed E-state index contributed by atoms with van der Waals surface area (Å²) < 4.78 is 7.42. The zero-order valence-electron chi connectivity index (χ0n) is 19.4. The number of likely N-dealkylation sites (N-methyl/N-ethyl adjacent to an activating group) is 1. The first-order valence-electron chi connectivity index (χ1n) is 11.8. The highest BCUT2D eigenvalue weighted by molar-refractivity contribution is 5.87. The van der Waals surface area contributed by atoms with E-state index in [1.807, 2.05) is 0 Å². The summed E-state index contributed by atoms with van der Waals surface area (Å²) in [6.07, 6.45) is 8.73. The molecule has 2 aromatic heterocycles. The van der Waals surface area contributed by atoms with Crippen molar-refractivity contribution >= 4 is 28.4 Å². The maximum absolute atomic E-state index is 12.9. The summed E-state index contributed by atoms with van der Waals surface area (Å²) in [4.78, 5) is 24.4. The number of rotatable bonds is 5.